The van der Waals surface area contributed by atoms with Crippen LogP contribution in [0.25, 0.3) is 0 Å². The van der Waals surface area contributed by atoms with E-state index in [0.29, 0.717) is 34.6 Å². The number of likely N-dealkylation sites (tertiary alicyclic amines) is 1. The minimum absolute atomic E-state index is 0.254. The van der Waals surface area contributed by atoms with Crippen molar-refractivity contribution in [2.45, 2.75) is 118 Å². The number of piperidine rings is 1. The molecule has 0 bridgehead atoms. The lowest BCUT2D eigenvalue weighted by Crippen LogP contribution is -2.66. The zero-order valence-electron chi connectivity index (χ0n) is 23.3. The summed E-state index contributed by atoms with van der Waals surface area (Å²) >= 11 is 0. The van der Waals surface area contributed by atoms with Crippen molar-refractivity contribution in [1.82, 2.24) is 4.90 Å². The molecule has 1 saturated heterocycles. The molecule has 1 amide bonds. The molecule has 1 unspecified atom stereocenters. The first-order valence-electron chi connectivity index (χ1n) is 15.1. The Morgan fingerprint density at radius 1 is 0.886 bits per heavy atom. The lowest BCUT2D eigenvalue weighted by Gasteiger charge is -2.63. The van der Waals surface area contributed by atoms with Crippen LogP contribution in [0.1, 0.15) is 111 Å². The van der Waals surface area contributed by atoms with Gasteiger partial charge in [0.2, 0.25) is 5.91 Å². The van der Waals surface area contributed by atoms with E-state index in [1.54, 1.807) is 0 Å². The van der Waals surface area contributed by atoms with Gasteiger partial charge in [0.25, 0.3) is 0 Å². The minimum atomic E-state index is 0.254. The maximum Gasteiger partial charge on any atom is 0.226 e. The highest BCUT2D eigenvalue weighted by Gasteiger charge is 2.64. The first-order chi connectivity index (χ1) is 16.8. The number of hydrogen-bond acceptors (Lipinski definition) is 1. The van der Waals surface area contributed by atoms with E-state index < -0.39 is 0 Å². The van der Waals surface area contributed by atoms with E-state index in [4.69, 9.17) is 0 Å². The van der Waals surface area contributed by atoms with Gasteiger partial charge in [-0.2, -0.15) is 0 Å². The van der Waals surface area contributed by atoms with Crippen LogP contribution < -0.4 is 0 Å². The zero-order valence-corrected chi connectivity index (χ0v) is 23.3. The van der Waals surface area contributed by atoms with Gasteiger partial charge in [-0.3, -0.25) is 4.79 Å². The summed E-state index contributed by atoms with van der Waals surface area (Å²) in [5, 5.41) is 0. The molecule has 0 radical (unpaired) electrons. The molecule has 0 spiro atoms. The summed E-state index contributed by atoms with van der Waals surface area (Å²) in [6.07, 6.45) is 14.5. The molecule has 0 N–H and O–H groups in total. The van der Waals surface area contributed by atoms with Gasteiger partial charge in [-0.1, -0.05) is 97.1 Å². The van der Waals surface area contributed by atoms with Crippen molar-refractivity contribution in [1.29, 1.82) is 0 Å². The largest absolute Gasteiger partial charge is 0.335 e. The maximum absolute atomic E-state index is 14.5. The van der Waals surface area contributed by atoms with Crippen LogP contribution in [0.5, 0.6) is 0 Å². The van der Waals surface area contributed by atoms with Gasteiger partial charge in [-0.15, -0.1) is 0 Å². The van der Waals surface area contributed by atoms with Crippen LogP contribution in [0.3, 0.4) is 0 Å². The molecule has 3 aliphatic carbocycles. The van der Waals surface area contributed by atoms with Crippen LogP contribution in [0.4, 0.5) is 0 Å². The topological polar surface area (TPSA) is 20.3 Å². The minimum Gasteiger partial charge on any atom is -0.335 e. The fourth-order valence-electron chi connectivity index (χ4n) is 9.85. The van der Waals surface area contributed by atoms with Crippen molar-refractivity contribution in [2.24, 2.45) is 46.3 Å². The van der Waals surface area contributed by atoms with Gasteiger partial charge >= 0.3 is 0 Å². The standard InChI is InChI=1S/C33H51NO/c1-23(2)12-11-13-24(3)26-17-18-27-30-28(19-21-32(26,27)4)33(5)20-10-9-16-29(33)34(31(30)35)22-25-14-7-6-8-15-25/h6-8,14-15,23-24,26-30H,9-13,16-22H2,1-5H3/t24-,26-,27+,28+,29?,30+,32-,33-/m1/s1. The molecule has 194 valence electrons. The third-order valence-electron chi connectivity index (χ3n) is 11.7. The van der Waals surface area contributed by atoms with Gasteiger partial charge in [0.15, 0.2) is 0 Å². The predicted molar refractivity (Wildman–Crippen MR) is 146 cm³/mol. The quantitative estimate of drug-likeness (QED) is 0.385. The van der Waals surface area contributed by atoms with Crippen molar-refractivity contribution in [2.75, 3.05) is 0 Å². The average Bonchev–Trinajstić information content (AvgIpc) is 3.19. The summed E-state index contributed by atoms with van der Waals surface area (Å²) in [6, 6.07) is 11.2. The number of carbonyl (C=O) groups is 1. The molecule has 1 heterocycles. The predicted octanol–water partition coefficient (Wildman–Crippen LogP) is 8.50. The molecule has 1 aromatic carbocycles. The number of benzene rings is 1. The Bertz CT molecular complexity index is 878. The molecule has 3 saturated carbocycles. The third kappa shape index (κ3) is 4.40. The Kier molecular flexibility index (Phi) is 7.14. The van der Waals surface area contributed by atoms with Gasteiger partial charge in [-0.25, -0.2) is 0 Å². The SMILES string of the molecule is CC(C)CCC[C@@H](C)[C@H]1CC[C@H]2[C@@H]3C(=O)N(Cc4ccccc4)C4CCCC[C@]4(C)[C@H]3CC[C@]12C. The summed E-state index contributed by atoms with van der Waals surface area (Å²) < 4.78 is 0. The van der Waals surface area contributed by atoms with Gasteiger partial charge < -0.3 is 4.90 Å². The van der Waals surface area contributed by atoms with Crippen LogP contribution in [0.15, 0.2) is 30.3 Å². The molecule has 35 heavy (non-hydrogen) atoms. The Morgan fingerprint density at radius 3 is 2.37 bits per heavy atom. The number of nitrogens with zero attached hydrogens (tertiary/aromatic N) is 1. The summed E-state index contributed by atoms with van der Waals surface area (Å²) in [6.45, 7) is 13.2. The maximum atomic E-state index is 14.5. The van der Waals surface area contributed by atoms with Crippen LogP contribution >= 0.6 is 0 Å². The lowest BCUT2D eigenvalue weighted by molar-refractivity contribution is -0.181. The second-order valence-corrected chi connectivity index (χ2v) is 14.0. The van der Waals surface area contributed by atoms with E-state index in [1.807, 2.05) is 0 Å². The number of hydrogen-bond donors (Lipinski definition) is 0. The molecule has 2 heteroatoms. The first kappa shape index (κ1) is 25.3. The summed E-state index contributed by atoms with van der Waals surface area (Å²) in [5.41, 5.74) is 1.95. The molecule has 5 rings (SSSR count). The third-order valence-corrected chi connectivity index (χ3v) is 11.7. The monoisotopic (exact) mass is 477 g/mol. The fraction of sp³-hybridized carbons (Fsp3) is 0.788. The summed E-state index contributed by atoms with van der Waals surface area (Å²) in [5.74, 6) is 4.36. The molecule has 4 aliphatic rings. The van der Waals surface area contributed by atoms with E-state index in [0.717, 1.165) is 24.3 Å². The highest BCUT2D eigenvalue weighted by molar-refractivity contribution is 5.81. The van der Waals surface area contributed by atoms with Crippen LogP contribution in [0, 0.1) is 46.3 Å². The van der Waals surface area contributed by atoms with E-state index in [9.17, 15) is 4.79 Å². The van der Waals surface area contributed by atoms with E-state index >= 15 is 0 Å². The average molecular weight is 478 g/mol. The zero-order chi connectivity index (χ0) is 24.8. The second kappa shape index (κ2) is 9.86. The van der Waals surface area contributed by atoms with Crippen molar-refractivity contribution >= 4 is 5.91 Å². The van der Waals surface area contributed by atoms with E-state index in [2.05, 4.69) is 69.9 Å². The number of amides is 1. The molecule has 0 aromatic heterocycles. The smallest absolute Gasteiger partial charge is 0.226 e. The summed E-state index contributed by atoms with van der Waals surface area (Å²) in [7, 11) is 0. The Hall–Kier alpha value is -1.31. The molecular weight excluding hydrogens is 426 g/mol. The van der Waals surface area contributed by atoms with Gasteiger partial charge in [-0.05, 0) is 84.5 Å². The van der Waals surface area contributed by atoms with E-state index in [-0.39, 0.29) is 5.92 Å². The molecule has 1 aliphatic heterocycles. The molecule has 1 aromatic rings. The molecule has 4 fully saturated rings. The van der Waals surface area contributed by atoms with Gasteiger partial charge in [0, 0.05) is 18.5 Å². The van der Waals surface area contributed by atoms with E-state index in [1.165, 1.54) is 76.2 Å². The van der Waals surface area contributed by atoms with Gasteiger partial charge in [0.05, 0.1) is 0 Å². The summed E-state index contributed by atoms with van der Waals surface area (Å²) in [4.78, 5) is 16.9. The number of fused-ring (bicyclic) bond motifs is 5. The number of carbonyl (C=O) groups excluding carboxylic acids is 1. The molecule has 2 nitrogen and oxygen atoms in total. The highest BCUT2D eigenvalue weighted by Crippen LogP contribution is 2.66. The van der Waals surface area contributed by atoms with Crippen molar-refractivity contribution in [3.63, 3.8) is 0 Å². The Labute approximate surface area is 215 Å². The number of rotatable bonds is 7. The van der Waals surface area contributed by atoms with Crippen LogP contribution in [0.2, 0.25) is 0 Å². The second-order valence-electron chi connectivity index (χ2n) is 14.0. The van der Waals surface area contributed by atoms with Crippen molar-refractivity contribution in [3.8, 4) is 0 Å². The first-order valence-corrected chi connectivity index (χ1v) is 15.1. The fourth-order valence-corrected chi connectivity index (χ4v) is 9.85. The molecule has 8 atom stereocenters. The Morgan fingerprint density at radius 2 is 1.63 bits per heavy atom. The van der Waals surface area contributed by atoms with Gasteiger partial charge in [0.1, 0.15) is 0 Å². The normalized spacial score (nSPS) is 39.8. The van der Waals surface area contributed by atoms with Crippen molar-refractivity contribution < 1.29 is 4.79 Å². The van der Waals surface area contributed by atoms with Crippen LogP contribution in [-0.4, -0.2) is 16.8 Å². The Balaban J connectivity index is 1.42. The highest BCUT2D eigenvalue weighted by atomic mass is 16.2. The lowest BCUT2D eigenvalue weighted by atomic mass is 9.47. The van der Waals surface area contributed by atoms with Crippen LogP contribution in [-0.2, 0) is 11.3 Å². The van der Waals surface area contributed by atoms with Crippen molar-refractivity contribution in [3.05, 3.63) is 35.9 Å². The molecular formula is C33H51NO.